The summed E-state index contributed by atoms with van der Waals surface area (Å²) in [7, 11) is 0. The maximum Gasteiger partial charge on any atom is 0.0736 e. The zero-order chi connectivity index (χ0) is 14.8. The molecule has 0 unspecified atom stereocenters. The van der Waals surface area contributed by atoms with Gasteiger partial charge in [0.05, 0.1) is 12.1 Å². The van der Waals surface area contributed by atoms with Crippen LogP contribution in [0.4, 0.5) is 0 Å². The summed E-state index contributed by atoms with van der Waals surface area (Å²) in [4.78, 5) is 0. The molecule has 0 amide bonds. The number of hydrogen-bond donors (Lipinski definition) is 2. The molecule has 0 fully saturated rings. The van der Waals surface area contributed by atoms with E-state index in [9.17, 15) is 5.11 Å². The Morgan fingerprint density at radius 2 is 1.64 bits per heavy atom. The second-order valence-corrected chi connectivity index (χ2v) is 6.44. The van der Waals surface area contributed by atoms with Crippen molar-refractivity contribution in [3.63, 3.8) is 0 Å². The molecule has 0 heterocycles. The van der Waals surface area contributed by atoms with Crippen LogP contribution in [0.3, 0.4) is 0 Å². The Hall–Kier alpha value is -2.16. The predicted octanol–water partition coefficient (Wildman–Crippen LogP) is 3.89. The van der Waals surface area contributed by atoms with Crippen LogP contribution in [-0.2, 0) is 6.42 Å². The Balaban J connectivity index is 2.04. The minimum absolute atomic E-state index is 0.284. The Labute approximate surface area is 128 Å². The van der Waals surface area contributed by atoms with Crippen molar-refractivity contribution in [1.82, 2.24) is 0 Å². The minimum atomic E-state index is -0.439. The van der Waals surface area contributed by atoms with Gasteiger partial charge in [0.15, 0.2) is 0 Å². The highest BCUT2D eigenvalue weighted by molar-refractivity contribution is 6.23. The van der Waals surface area contributed by atoms with E-state index >= 15 is 0 Å². The number of aliphatic hydroxyl groups excluding tert-OH is 1. The first-order valence-corrected chi connectivity index (χ1v) is 7.87. The third-order valence-electron chi connectivity index (χ3n) is 5.23. The molecule has 0 saturated heterocycles. The zero-order valence-corrected chi connectivity index (χ0v) is 12.2. The van der Waals surface area contributed by atoms with Gasteiger partial charge in [-0.1, -0.05) is 48.5 Å². The molecule has 2 heteroatoms. The number of aliphatic hydroxyl groups is 1. The lowest BCUT2D eigenvalue weighted by Gasteiger charge is -2.29. The van der Waals surface area contributed by atoms with E-state index in [0.29, 0.717) is 0 Å². The highest BCUT2D eigenvalue weighted by Crippen LogP contribution is 2.41. The van der Waals surface area contributed by atoms with Crippen molar-refractivity contribution in [1.29, 1.82) is 0 Å². The lowest BCUT2D eigenvalue weighted by molar-refractivity contribution is 0.129. The molecular weight excluding hydrogens is 270 g/mol. The number of hydrogen-bond acceptors (Lipinski definition) is 2. The maximum absolute atomic E-state index is 10.2. The van der Waals surface area contributed by atoms with Gasteiger partial charge in [0.25, 0.3) is 0 Å². The average molecular weight is 287 g/mol. The average Bonchev–Trinajstić information content (AvgIpc) is 2.55. The summed E-state index contributed by atoms with van der Waals surface area (Å²) in [5.74, 6) is 0. The molecule has 0 spiro atoms. The topological polar surface area (TPSA) is 46.2 Å². The van der Waals surface area contributed by atoms with Crippen LogP contribution in [-0.4, -0.2) is 11.2 Å². The molecule has 4 aromatic rings. The lowest BCUT2D eigenvalue weighted by Crippen LogP contribution is -2.31. The van der Waals surface area contributed by atoms with Gasteiger partial charge in [-0.05, 0) is 56.3 Å². The Bertz CT molecular complexity index is 1000. The summed E-state index contributed by atoms with van der Waals surface area (Å²) in [5, 5.41) is 17.8. The molecule has 2 atom stereocenters. The van der Waals surface area contributed by atoms with Gasteiger partial charge in [-0.2, -0.15) is 0 Å². The number of rotatable bonds is 0. The van der Waals surface area contributed by atoms with Gasteiger partial charge in [-0.15, -0.1) is 0 Å². The fourth-order valence-corrected chi connectivity index (χ4v) is 4.17. The minimum Gasteiger partial charge on any atom is -0.391 e. The number of nitrogens with two attached hydrogens (primary N) is 1. The first-order valence-electron chi connectivity index (χ1n) is 7.87. The van der Waals surface area contributed by atoms with Gasteiger partial charge < -0.3 is 10.8 Å². The third kappa shape index (κ3) is 1.46. The fraction of sp³-hybridized carbons (Fsp3) is 0.200. The first kappa shape index (κ1) is 12.4. The Morgan fingerprint density at radius 3 is 2.45 bits per heavy atom. The highest BCUT2D eigenvalue weighted by atomic mass is 16.3. The molecular formula is C20H17NO. The van der Waals surface area contributed by atoms with Gasteiger partial charge in [0.2, 0.25) is 0 Å². The zero-order valence-electron chi connectivity index (χ0n) is 12.2. The normalized spacial score (nSPS) is 21.7. The van der Waals surface area contributed by atoms with Gasteiger partial charge in [-0.25, -0.2) is 0 Å². The largest absolute Gasteiger partial charge is 0.391 e. The molecule has 0 saturated carbocycles. The SMILES string of the molecule is N[C@H]1c2c(cc3ccc4cccc5ccc2c3c45)CC[C@@H]1O. The van der Waals surface area contributed by atoms with Crippen molar-refractivity contribution >= 4 is 32.3 Å². The predicted molar refractivity (Wildman–Crippen MR) is 91.4 cm³/mol. The van der Waals surface area contributed by atoms with Crippen molar-refractivity contribution < 1.29 is 5.11 Å². The molecule has 0 bridgehead atoms. The highest BCUT2D eigenvalue weighted by Gasteiger charge is 2.27. The number of aryl methyl sites for hydroxylation is 1. The lowest BCUT2D eigenvalue weighted by atomic mass is 9.80. The monoisotopic (exact) mass is 287 g/mol. The summed E-state index contributed by atoms with van der Waals surface area (Å²) in [5.41, 5.74) is 8.78. The standard InChI is InChI=1S/C20H17NO/c21-20-16(22)9-7-14-10-13-5-4-11-2-1-3-12-6-8-15(19(14)20)18(13)17(11)12/h1-6,8,10,16,20,22H,7,9,21H2/t16-,20+/m0/s1. The van der Waals surface area contributed by atoms with Crippen LogP contribution in [0.15, 0.2) is 48.5 Å². The van der Waals surface area contributed by atoms with Gasteiger partial charge >= 0.3 is 0 Å². The van der Waals surface area contributed by atoms with Crippen molar-refractivity contribution in [2.75, 3.05) is 0 Å². The van der Waals surface area contributed by atoms with Crippen molar-refractivity contribution in [3.05, 3.63) is 59.7 Å². The Kier molecular flexibility index (Phi) is 2.36. The molecule has 1 aliphatic rings. The van der Waals surface area contributed by atoms with Crippen LogP contribution < -0.4 is 5.73 Å². The van der Waals surface area contributed by atoms with E-state index in [0.717, 1.165) is 18.4 Å². The molecule has 1 aliphatic carbocycles. The quantitative estimate of drug-likeness (QED) is 0.482. The van der Waals surface area contributed by atoms with Crippen LogP contribution in [0, 0.1) is 0 Å². The van der Waals surface area contributed by atoms with Gasteiger partial charge in [-0.3, -0.25) is 0 Å². The van der Waals surface area contributed by atoms with E-state index in [1.54, 1.807) is 0 Å². The fourth-order valence-electron chi connectivity index (χ4n) is 4.17. The molecule has 22 heavy (non-hydrogen) atoms. The third-order valence-corrected chi connectivity index (χ3v) is 5.23. The summed E-state index contributed by atoms with van der Waals surface area (Å²) in [6.45, 7) is 0. The number of fused-ring (bicyclic) bond motifs is 2. The van der Waals surface area contributed by atoms with Crippen molar-refractivity contribution in [2.24, 2.45) is 5.73 Å². The first-order chi connectivity index (χ1) is 10.7. The number of benzene rings is 4. The van der Waals surface area contributed by atoms with E-state index in [4.69, 9.17) is 5.73 Å². The molecule has 0 radical (unpaired) electrons. The van der Waals surface area contributed by atoms with E-state index in [1.807, 2.05) is 0 Å². The van der Waals surface area contributed by atoms with Crippen LogP contribution in [0.2, 0.25) is 0 Å². The second kappa shape index (κ2) is 4.19. The summed E-state index contributed by atoms with van der Waals surface area (Å²) in [6, 6.07) is 17.2. The van der Waals surface area contributed by atoms with Crippen LogP contribution in [0.1, 0.15) is 23.6 Å². The van der Waals surface area contributed by atoms with Crippen LogP contribution >= 0.6 is 0 Å². The second-order valence-electron chi connectivity index (χ2n) is 6.44. The van der Waals surface area contributed by atoms with E-state index < -0.39 is 6.10 Å². The van der Waals surface area contributed by atoms with E-state index in [2.05, 4.69) is 48.5 Å². The molecule has 5 rings (SSSR count). The molecule has 0 aliphatic heterocycles. The summed E-state index contributed by atoms with van der Waals surface area (Å²) in [6.07, 6.45) is 1.22. The molecule has 108 valence electrons. The smallest absolute Gasteiger partial charge is 0.0736 e. The van der Waals surface area contributed by atoms with E-state index in [1.165, 1.54) is 37.9 Å². The van der Waals surface area contributed by atoms with Crippen LogP contribution in [0.5, 0.6) is 0 Å². The van der Waals surface area contributed by atoms with Gasteiger partial charge in [0, 0.05) is 0 Å². The molecule has 3 N–H and O–H groups in total. The van der Waals surface area contributed by atoms with Gasteiger partial charge in [0.1, 0.15) is 0 Å². The van der Waals surface area contributed by atoms with Crippen molar-refractivity contribution in [2.45, 2.75) is 25.0 Å². The van der Waals surface area contributed by atoms with E-state index in [-0.39, 0.29) is 6.04 Å². The Morgan fingerprint density at radius 1 is 0.909 bits per heavy atom. The molecule has 4 aromatic carbocycles. The summed E-state index contributed by atoms with van der Waals surface area (Å²) >= 11 is 0. The molecule has 2 nitrogen and oxygen atoms in total. The summed E-state index contributed by atoms with van der Waals surface area (Å²) < 4.78 is 0. The van der Waals surface area contributed by atoms with Crippen molar-refractivity contribution in [3.8, 4) is 0 Å². The molecule has 0 aromatic heterocycles. The maximum atomic E-state index is 10.2. The van der Waals surface area contributed by atoms with Crippen LogP contribution in [0.25, 0.3) is 32.3 Å².